The van der Waals surface area contributed by atoms with Gasteiger partial charge in [-0.25, -0.2) is 0 Å². The predicted molar refractivity (Wildman–Crippen MR) is 89.1 cm³/mol. The highest BCUT2D eigenvalue weighted by atomic mass is 32.2. The van der Waals surface area contributed by atoms with Gasteiger partial charge in [0, 0.05) is 26.2 Å². The summed E-state index contributed by atoms with van der Waals surface area (Å²) in [6, 6.07) is 0. The number of hydrogen-bond acceptors (Lipinski definition) is 4. The topological polar surface area (TPSA) is 49.6 Å². The van der Waals surface area contributed by atoms with E-state index in [1.807, 2.05) is 4.90 Å². The molecule has 2 saturated heterocycles. The molecule has 114 valence electrons. The summed E-state index contributed by atoms with van der Waals surface area (Å²) < 4.78 is -0.0556. The van der Waals surface area contributed by atoms with Gasteiger partial charge < -0.3 is 10.6 Å². The molecule has 0 aromatic heterocycles. The molecule has 2 aliphatic rings. The first kappa shape index (κ1) is 16.0. The number of hydrogen-bond donors (Lipinski definition) is 1. The second-order valence-corrected chi connectivity index (χ2v) is 7.41. The average molecular weight is 316 g/mol. The lowest BCUT2D eigenvalue weighted by atomic mass is 9.95. The Balaban J connectivity index is 1.82. The van der Waals surface area contributed by atoms with Crippen molar-refractivity contribution in [1.29, 1.82) is 0 Å². The summed E-state index contributed by atoms with van der Waals surface area (Å²) in [5, 5.41) is 0. The molecule has 0 aromatic rings. The Morgan fingerprint density at radius 1 is 1.20 bits per heavy atom. The highest BCUT2D eigenvalue weighted by Gasteiger charge is 2.37. The SMILES string of the molecule is CSC1(C(N)=S)CCN(CC(=O)N2CCCCC2)CC1. The maximum atomic E-state index is 12.3. The Morgan fingerprint density at radius 3 is 2.30 bits per heavy atom. The number of carbonyl (C=O) groups excluding carboxylic acids is 1. The minimum Gasteiger partial charge on any atom is -0.392 e. The summed E-state index contributed by atoms with van der Waals surface area (Å²) in [4.78, 5) is 17.2. The third-order valence-electron chi connectivity index (χ3n) is 4.57. The molecule has 1 amide bonds. The van der Waals surface area contributed by atoms with Crippen molar-refractivity contribution in [3.8, 4) is 0 Å². The number of likely N-dealkylation sites (tertiary alicyclic amines) is 2. The Morgan fingerprint density at radius 2 is 1.80 bits per heavy atom. The molecule has 2 heterocycles. The molecule has 0 unspecified atom stereocenters. The van der Waals surface area contributed by atoms with Crippen LogP contribution >= 0.6 is 24.0 Å². The Bertz CT molecular complexity index is 361. The van der Waals surface area contributed by atoms with Crippen molar-refractivity contribution >= 4 is 34.9 Å². The van der Waals surface area contributed by atoms with Gasteiger partial charge in [0.05, 0.1) is 16.3 Å². The van der Waals surface area contributed by atoms with E-state index in [4.69, 9.17) is 18.0 Å². The van der Waals surface area contributed by atoms with Crippen LogP contribution in [0.25, 0.3) is 0 Å². The number of piperidine rings is 2. The number of thioether (sulfide) groups is 1. The van der Waals surface area contributed by atoms with Crippen LogP contribution in [0.15, 0.2) is 0 Å². The monoisotopic (exact) mass is 315 g/mol. The molecule has 0 aromatic carbocycles. The van der Waals surface area contributed by atoms with Crippen molar-refractivity contribution in [2.24, 2.45) is 5.73 Å². The van der Waals surface area contributed by atoms with E-state index < -0.39 is 0 Å². The first-order valence-electron chi connectivity index (χ1n) is 7.42. The fraction of sp³-hybridized carbons (Fsp3) is 0.857. The summed E-state index contributed by atoms with van der Waals surface area (Å²) in [6.45, 7) is 4.26. The van der Waals surface area contributed by atoms with E-state index in [0.717, 1.165) is 51.9 Å². The van der Waals surface area contributed by atoms with Gasteiger partial charge >= 0.3 is 0 Å². The third kappa shape index (κ3) is 3.65. The Hall–Kier alpha value is -0.330. The van der Waals surface area contributed by atoms with Gasteiger partial charge in [0.15, 0.2) is 0 Å². The Kier molecular flexibility index (Phi) is 5.69. The number of nitrogens with two attached hydrogens (primary N) is 1. The quantitative estimate of drug-likeness (QED) is 0.797. The number of nitrogens with zero attached hydrogens (tertiary/aromatic N) is 2. The first-order chi connectivity index (χ1) is 9.57. The predicted octanol–water partition coefficient (Wildman–Crippen LogP) is 1.48. The van der Waals surface area contributed by atoms with Gasteiger partial charge in [-0.1, -0.05) is 12.2 Å². The van der Waals surface area contributed by atoms with E-state index >= 15 is 0 Å². The second-order valence-electron chi connectivity index (χ2n) is 5.78. The van der Waals surface area contributed by atoms with E-state index in [-0.39, 0.29) is 10.7 Å². The van der Waals surface area contributed by atoms with E-state index in [1.54, 1.807) is 11.8 Å². The van der Waals surface area contributed by atoms with Gasteiger partial charge in [-0.15, -0.1) is 0 Å². The van der Waals surface area contributed by atoms with Gasteiger partial charge in [-0.3, -0.25) is 9.69 Å². The molecule has 0 spiro atoms. The van der Waals surface area contributed by atoms with Crippen LogP contribution in [0.3, 0.4) is 0 Å². The zero-order chi connectivity index (χ0) is 14.6. The lowest BCUT2D eigenvalue weighted by molar-refractivity contribution is -0.133. The third-order valence-corrected chi connectivity index (χ3v) is 6.50. The molecule has 4 nitrogen and oxygen atoms in total. The zero-order valence-electron chi connectivity index (χ0n) is 12.3. The molecule has 2 rings (SSSR count). The lowest BCUT2D eigenvalue weighted by Gasteiger charge is -2.40. The molecule has 0 aliphatic carbocycles. The summed E-state index contributed by atoms with van der Waals surface area (Å²) >= 11 is 6.98. The smallest absolute Gasteiger partial charge is 0.236 e. The van der Waals surface area contributed by atoms with Crippen LogP contribution < -0.4 is 5.73 Å². The van der Waals surface area contributed by atoms with Crippen LogP contribution in [0.2, 0.25) is 0 Å². The van der Waals surface area contributed by atoms with Crippen molar-refractivity contribution in [2.75, 3.05) is 39.0 Å². The molecule has 0 radical (unpaired) electrons. The fourth-order valence-electron chi connectivity index (χ4n) is 3.06. The van der Waals surface area contributed by atoms with Crippen LogP contribution in [-0.4, -0.2) is 64.4 Å². The molecule has 0 bridgehead atoms. The number of rotatable bonds is 4. The minimum absolute atomic E-state index is 0.0556. The lowest BCUT2D eigenvalue weighted by Crippen LogP contribution is -2.51. The summed E-state index contributed by atoms with van der Waals surface area (Å²) in [7, 11) is 0. The maximum absolute atomic E-state index is 12.3. The molecule has 0 atom stereocenters. The largest absolute Gasteiger partial charge is 0.392 e. The van der Waals surface area contributed by atoms with E-state index in [2.05, 4.69) is 11.2 Å². The van der Waals surface area contributed by atoms with Gasteiger partial charge in [0.2, 0.25) is 5.91 Å². The van der Waals surface area contributed by atoms with Crippen molar-refractivity contribution < 1.29 is 4.79 Å². The molecule has 0 saturated carbocycles. The molecule has 2 fully saturated rings. The van der Waals surface area contributed by atoms with Crippen molar-refractivity contribution in [3.05, 3.63) is 0 Å². The van der Waals surface area contributed by atoms with E-state index in [1.165, 1.54) is 6.42 Å². The van der Waals surface area contributed by atoms with Crippen molar-refractivity contribution in [2.45, 2.75) is 36.9 Å². The van der Waals surface area contributed by atoms with Crippen LogP contribution in [0.5, 0.6) is 0 Å². The van der Waals surface area contributed by atoms with Crippen LogP contribution in [0.1, 0.15) is 32.1 Å². The molecule has 2 N–H and O–H groups in total. The summed E-state index contributed by atoms with van der Waals surface area (Å²) in [5.74, 6) is 0.289. The van der Waals surface area contributed by atoms with Gasteiger partial charge in [0.1, 0.15) is 0 Å². The minimum atomic E-state index is -0.0556. The maximum Gasteiger partial charge on any atom is 0.236 e. The number of carbonyl (C=O) groups is 1. The van der Waals surface area contributed by atoms with Gasteiger partial charge in [-0.2, -0.15) is 11.8 Å². The molecular formula is C14H25N3OS2. The highest BCUT2D eigenvalue weighted by molar-refractivity contribution is 8.02. The standard InChI is InChI=1S/C14H25N3OS2/c1-20-14(13(15)19)5-9-16(10-6-14)11-12(18)17-7-3-2-4-8-17/h2-11H2,1H3,(H2,15,19). The molecular weight excluding hydrogens is 290 g/mol. The number of amides is 1. The zero-order valence-corrected chi connectivity index (χ0v) is 13.9. The highest BCUT2D eigenvalue weighted by Crippen LogP contribution is 2.34. The summed E-state index contributed by atoms with van der Waals surface area (Å²) in [5.41, 5.74) is 5.89. The van der Waals surface area contributed by atoms with Crippen LogP contribution in [-0.2, 0) is 4.79 Å². The normalized spacial score (nSPS) is 23.6. The molecule has 6 heteroatoms. The van der Waals surface area contributed by atoms with Crippen molar-refractivity contribution in [1.82, 2.24) is 9.80 Å². The van der Waals surface area contributed by atoms with E-state index in [0.29, 0.717) is 11.5 Å². The molecule has 20 heavy (non-hydrogen) atoms. The molecule has 2 aliphatic heterocycles. The fourth-order valence-corrected chi connectivity index (χ4v) is 4.30. The van der Waals surface area contributed by atoms with Gasteiger partial charge in [-0.05, 0) is 38.4 Å². The Labute approximate surface area is 131 Å². The average Bonchev–Trinajstić information content (AvgIpc) is 2.49. The van der Waals surface area contributed by atoms with E-state index in [9.17, 15) is 4.79 Å². The van der Waals surface area contributed by atoms with Gasteiger partial charge in [0.25, 0.3) is 0 Å². The summed E-state index contributed by atoms with van der Waals surface area (Å²) in [6.07, 6.45) is 7.56. The number of thiocarbonyl (C=S) groups is 1. The van der Waals surface area contributed by atoms with Crippen LogP contribution in [0.4, 0.5) is 0 Å². The van der Waals surface area contributed by atoms with Crippen molar-refractivity contribution in [3.63, 3.8) is 0 Å². The second kappa shape index (κ2) is 7.09. The van der Waals surface area contributed by atoms with Crippen LogP contribution in [0, 0.1) is 0 Å². The first-order valence-corrected chi connectivity index (χ1v) is 9.06.